The molecule has 106 valence electrons. The molecule has 0 aromatic heterocycles. The third-order valence-electron chi connectivity index (χ3n) is 5.92. The lowest BCUT2D eigenvalue weighted by Gasteiger charge is -2.50. The van der Waals surface area contributed by atoms with Crippen LogP contribution >= 0.6 is 0 Å². The van der Waals surface area contributed by atoms with Crippen LogP contribution in [0.15, 0.2) is 0 Å². The molecule has 0 aromatic rings. The molecule has 2 fully saturated rings. The second kappa shape index (κ2) is 6.41. The van der Waals surface area contributed by atoms with Crippen LogP contribution in [0, 0.1) is 17.8 Å². The van der Waals surface area contributed by atoms with Crippen molar-refractivity contribution in [1.82, 2.24) is 0 Å². The summed E-state index contributed by atoms with van der Waals surface area (Å²) < 4.78 is 0. The van der Waals surface area contributed by atoms with E-state index in [2.05, 4.69) is 13.8 Å². The van der Waals surface area contributed by atoms with E-state index in [-0.39, 0.29) is 5.54 Å². The van der Waals surface area contributed by atoms with Crippen molar-refractivity contribution < 1.29 is 0 Å². The summed E-state index contributed by atoms with van der Waals surface area (Å²) in [7, 11) is 0. The van der Waals surface area contributed by atoms with Gasteiger partial charge < -0.3 is 5.73 Å². The van der Waals surface area contributed by atoms with E-state index in [1.807, 2.05) is 0 Å². The van der Waals surface area contributed by atoms with Gasteiger partial charge in [0.05, 0.1) is 0 Å². The molecule has 0 heterocycles. The maximum atomic E-state index is 6.96. The van der Waals surface area contributed by atoms with Gasteiger partial charge in [0, 0.05) is 5.54 Å². The normalized spacial score (nSPS) is 36.5. The van der Waals surface area contributed by atoms with Crippen molar-refractivity contribution in [1.29, 1.82) is 0 Å². The zero-order valence-electron chi connectivity index (χ0n) is 12.6. The fourth-order valence-corrected chi connectivity index (χ4v) is 4.77. The first kappa shape index (κ1) is 14.4. The fraction of sp³-hybridized carbons (Fsp3) is 1.00. The Bertz CT molecular complexity index is 244. The van der Waals surface area contributed by atoms with E-state index in [1.165, 1.54) is 70.6 Å². The molecule has 1 nitrogen and oxygen atoms in total. The first-order valence-corrected chi connectivity index (χ1v) is 8.47. The van der Waals surface area contributed by atoms with E-state index < -0.39 is 0 Å². The van der Waals surface area contributed by atoms with E-state index in [4.69, 9.17) is 5.73 Å². The van der Waals surface area contributed by atoms with Gasteiger partial charge in [0.2, 0.25) is 0 Å². The van der Waals surface area contributed by atoms with Crippen LogP contribution in [-0.2, 0) is 0 Å². The lowest BCUT2D eigenvalue weighted by molar-refractivity contribution is 0.0565. The van der Waals surface area contributed by atoms with Gasteiger partial charge in [-0.3, -0.25) is 0 Å². The van der Waals surface area contributed by atoms with E-state index >= 15 is 0 Å². The highest BCUT2D eigenvalue weighted by atomic mass is 14.8. The van der Waals surface area contributed by atoms with Crippen LogP contribution in [0.2, 0.25) is 0 Å². The summed E-state index contributed by atoms with van der Waals surface area (Å²) in [5.41, 5.74) is 7.13. The first-order valence-electron chi connectivity index (χ1n) is 8.47. The van der Waals surface area contributed by atoms with Crippen molar-refractivity contribution in [3.63, 3.8) is 0 Å². The zero-order chi connectivity index (χ0) is 13.0. The van der Waals surface area contributed by atoms with Crippen LogP contribution in [0.1, 0.15) is 84.5 Å². The number of hydrogen-bond acceptors (Lipinski definition) is 1. The number of rotatable bonds is 4. The van der Waals surface area contributed by atoms with Crippen LogP contribution in [0.5, 0.6) is 0 Å². The smallest absolute Gasteiger partial charge is 0.0211 e. The Kier molecular flexibility index (Phi) is 5.12. The molecule has 2 saturated carbocycles. The van der Waals surface area contributed by atoms with E-state index in [1.54, 1.807) is 0 Å². The second-order valence-electron chi connectivity index (χ2n) is 7.05. The molecule has 1 heteroatoms. The van der Waals surface area contributed by atoms with Crippen molar-refractivity contribution in [2.24, 2.45) is 23.5 Å². The average molecular weight is 251 g/mol. The largest absolute Gasteiger partial charge is 0.325 e. The molecule has 3 atom stereocenters. The number of nitrogens with two attached hydrogens (primary N) is 1. The van der Waals surface area contributed by atoms with Crippen LogP contribution in [0.4, 0.5) is 0 Å². The molecule has 3 unspecified atom stereocenters. The lowest BCUT2D eigenvalue weighted by atomic mass is 9.59. The Hall–Kier alpha value is -0.0400. The Morgan fingerprint density at radius 3 is 2.39 bits per heavy atom. The molecule has 0 radical (unpaired) electrons. The molecule has 2 rings (SSSR count). The van der Waals surface area contributed by atoms with Gasteiger partial charge in [0.15, 0.2) is 0 Å². The van der Waals surface area contributed by atoms with Gasteiger partial charge in [-0.2, -0.15) is 0 Å². The van der Waals surface area contributed by atoms with Crippen LogP contribution in [0.25, 0.3) is 0 Å². The lowest BCUT2D eigenvalue weighted by Crippen LogP contribution is -2.56. The van der Waals surface area contributed by atoms with Crippen LogP contribution in [0.3, 0.4) is 0 Å². The Balaban J connectivity index is 2.08. The highest BCUT2D eigenvalue weighted by Crippen LogP contribution is 2.46. The van der Waals surface area contributed by atoms with Gasteiger partial charge in [0.25, 0.3) is 0 Å². The summed E-state index contributed by atoms with van der Waals surface area (Å²) in [4.78, 5) is 0. The summed E-state index contributed by atoms with van der Waals surface area (Å²) in [6, 6.07) is 0. The number of hydrogen-bond donors (Lipinski definition) is 1. The van der Waals surface area contributed by atoms with Crippen LogP contribution < -0.4 is 5.73 Å². The Labute approximate surface area is 114 Å². The molecule has 0 aliphatic heterocycles. The van der Waals surface area contributed by atoms with Crippen molar-refractivity contribution in [3.05, 3.63) is 0 Å². The Morgan fingerprint density at radius 1 is 1.06 bits per heavy atom. The molecule has 18 heavy (non-hydrogen) atoms. The van der Waals surface area contributed by atoms with Crippen molar-refractivity contribution >= 4 is 0 Å². The summed E-state index contributed by atoms with van der Waals surface area (Å²) in [6.45, 7) is 4.73. The quantitative estimate of drug-likeness (QED) is 0.756. The summed E-state index contributed by atoms with van der Waals surface area (Å²) in [5, 5.41) is 0. The van der Waals surface area contributed by atoms with Gasteiger partial charge in [-0.1, -0.05) is 65.2 Å². The monoisotopic (exact) mass is 251 g/mol. The molecule has 0 saturated heterocycles. The van der Waals surface area contributed by atoms with E-state index in [0.717, 1.165) is 17.8 Å². The molecule has 0 amide bonds. The maximum Gasteiger partial charge on any atom is 0.0211 e. The summed E-state index contributed by atoms with van der Waals surface area (Å²) in [5.74, 6) is 2.49. The first-order chi connectivity index (χ1) is 8.68. The molecular weight excluding hydrogens is 218 g/mol. The minimum absolute atomic E-state index is 0.163. The minimum Gasteiger partial charge on any atom is -0.325 e. The van der Waals surface area contributed by atoms with Gasteiger partial charge in [-0.25, -0.2) is 0 Å². The third-order valence-corrected chi connectivity index (χ3v) is 5.92. The Morgan fingerprint density at radius 2 is 1.72 bits per heavy atom. The molecule has 0 aromatic carbocycles. The molecule has 2 aliphatic rings. The zero-order valence-corrected chi connectivity index (χ0v) is 12.6. The topological polar surface area (TPSA) is 26.0 Å². The average Bonchev–Trinajstić information content (AvgIpc) is 2.40. The predicted octanol–water partition coefficient (Wildman–Crippen LogP) is 4.89. The highest BCUT2D eigenvalue weighted by Gasteiger charge is 2.44. The molecular formula is C17H33N. The molecule has 0 spiro atoms. The molecule has 2 N–H and O–H groups in total. The molecule has 2 aliphatic carbocycles. The van der Waals surface area contributed by atoms with Gasteiger partial charge in [-0.15, -0.1) is 0 Å². The van der Waals surface area contributed by atoms with Crippen molar-refractivity contribution in [2.75, 3.05) is 0 Å². The van der Waals surface area contributed by atoms with E-state index in [0.29, 0.717) is 0 Å². The second-order valence-corrected chi connectivity index (χ2v) is 7.05. The van der Waals surface area contributed by atoms with E-state index in [9.17, 15) is 0 Å². The third kappa shape index (κ3) is 2.92. The van der Waals surface area contributed by atoms with Crippen LogP contribution in [-0.4, -0.2) is 5.54 Å². The maximum absolute atomic E-state index is 6.96. The molecule has 0 bridgehead atoms. The highest BCUT2D eigenvalue weighted by molar-refractivity contribution is 5.00. The standard InChI is InChI=1S/C17H33N/c1-3-9-14(2)17(18)13-8-7-12-16(17)15-10-5-4-6-11-15/h14-16H,3-13,18H2,1-2H3. The van der Waals surface area contributed by atoms with Gasteiger partial charge >= 0.3 is 0 Å². The summed E-state index contributed by atoms with van der Waals surface area (Å²) in [6.07, 6.45) is 15.4. The summed E-state index contributed by atoms with van der Waals surface area (Å²) >= 11 is 0. The van der Waals surface area contributed by atoms with Crippen molar-refractivity contribution in [2.45, 2.75) is 90.0 Å². The fourth-order valence-electron chi connectivity index (χ4n) is 4.77. The van der Waals surface area contributed by atoms with Gasteiger partial charge in [-0.05, 0) is 37.0 Å². The van der Waals surface area contributed by atoms with Gasteiger partial charge in [0.1, 0.15) is 0 Å². The SMILES string of the molecule is CCCC(C)C1(N)CCCCC1C1CCCCC1. The predicted molar refractivity (Wildman–Crippen MR) is 79.5 cm³/mol. The minimum atomic E-state index is 0.163. The van der Waals surface area contributed by atoms with Crippen molar-refractivity contribution in [3.8, 4) is 0 Å².